The van der Waals surface area contributed by atoms with E-state index >= 15 is 0 Å². The molecule has 0 radical (unpaired) electrons. The Hall–Kier alpha value is -0.960. The second kappa shape index (κ2) is 9.87. The quantitative estimate of drug-likeness (QED) is 0.102. The fourth-order valence-electron chi connectivity index (χ4n) is 1.48. The van der Waals surface area contributed by atoms with Gasteiger partial charge in [-0.1, -0.05) is 9.39 Å². The van der Waals surface area contributed by atoms with Gasteiger partial charge in [0, 0.05) is 0 Å². The monoisotopic (exact) mass is 307 g/mol. The zero-order valence-electron chi connectivity index (χ0n) is 11.0. The molecule has 9 N–H and O–H groups in total. The molecule has 0 spiro atoms. The molecule has 0 aromatic heterocycles. The second-order valence-corrected chi connectivity index (χ2v) is 4.61. The lowest BCUT2D eigenvalue weighted by Gasteiger charge is -2.15. The summed E-state index contributed by atoms with van der Waals surface area (Å²) in [6.45, 7) is 0.466. The molecule has 9 nitrogen and oxygen atoms in total. The molecule has 0 aromatic carbocycles. The van der Waals surface area contributed by atoms with E-state index in [1.165, 1.54) is 0 Å². The van der Waals surface area contributed by atoms with E-state index in [1.54, 1.807) is 0 Å². The van der Waals surface area contributed by atoms with E-state index in [0.717, 1.165) is 0 Å². The van der Waals surface area contributed by atoms with Crippen molar-refractivity contribution in [3.63, 3.8) is 0 Å². The molecule has 0 aliphatic heterocycles. The van der Waals surface area contributed by atoms with Gasteiger partial charge in [-0.2, -0.15) is 0 Å². The smallest absolute Gasteiger partial charge is 0.305 e. The van der Waals surface area contributed by atoms with Gasteiger partial charge < -0.3 is 22.3 Å². The number of aliphatic carboxylic acids is 1. The fourth-order valence-corrected chi connectivity index (χ4v) is 1.75. The fraction of sp³-hybridized carbons (Fsp3) is 0.700. The Morgan fingerprint density at radius 3 is 2.20 bits per heavy atom. The van der Waals surface area contributed by atoms with E-state index in [1.807, 2.05) is 9.39 Å². The van der Waals surface area contributed by atoms with Crippen molar-refractivity contribution in [3.05, 3.63) is 0 Å². The van der Waals surface area contributed by atoms with Crippen molar-refractivity contribution in [2.24, 2.45) is 17.2 Å². The molecule has 10 heteroatoms. The highest BCUT2D eigenvalue weighted by atomic mass is 31.0. The normalized spacial score (nSPS) is 14.1. The summed E-state index contributed by atoms with van der Waals surface area (Å²) in [5.74, 6) is -2.80. The molecule has 1 unspecified atom stereocenters. The van der Waals surface area contributed by atoms with Gasteiger partial charge in [-0.25, -0.2) is 0 Å². The van der Waals surface area contributed by atoms with Crippen LogP contribution in [0, 0.1) is 0 Å². The number of carbonyl (C=O) groups excluding carboxylic acids is 2. The van der Waals surface area contributed by atoms with Gasteiger partial charge in [0.2, 0.25) is 11.6 Å². The molecule has 116 valence electrons. The Morgan fingerprint density at radius 1 is 1.15 bits per heavy atom. The number of nitrogens with one attached hydrogen (secondary N) is 2. The standard InChI is InChI=1S/C10H22N5O4P/c11-5(2-1-3-14-10(12)13)8(18)9(19)6(15-20)4-7(16)17/h5-6,10,14-15H,1-4,11-13,20H2,(H,16,17)/t5-,6-/m0/s1. The first-order chi connectivity index (χ1) is 9.29. The van der Waals surface area contributed by atoms with E-state index < -0.39 is 42.3 Å². The summed E-state index contributed by atoms with van der Waals surface area (Å²) in [7, 11) is 2.02. The number of hydrogen-bond donors (Lipinski definition) is 6. The lowest BCUT2D eigenvalue weighted by Crippen LogP contribution is -2.47. The lowest BCUT2D eigenvalue weighted by molar-refractivity contribution is -0.142. The largest absolute Gasteiger partial charge is 0.481 e. The van der Waals surface area contributed by atoms with Gasteiger partial charge in [0.1, 0.15) is 6.29 Å². The maximum atomic E-state index is 11.8. The average Bonchev–Trinajstić information content (AvgIpc) is 2.38. The van der Waals surface area contributed by atoms with Crippen molar-refractivity contribution < 1.29 is 19.5 Å². The summed E-state index contributed by atoms with van der Waals surface area (Å²) in [4.78, 5) is 34.1. The molecule has 0 heterocycles. The summed E-state index contributed by atoms with van der Waals surface area (Å²) in [5, 5.41) is 13.8. The molecule has 0 fully saturated rings. The van der Waals surface area contributed by atoms with Gasteiger partial charge in [0.05, 0.1) is 18.5 Å². The van der Waals surface area contributed by atoms with Gasteiger partial charge in [0.25, 0.3) is 0 Å². The maximum absolute atomic E-state index is 11.8. The Labute approximate surface area is 119 Å². The number of Topliss-reactive ketones (excluding diaryl/α,β-unsaturated/α-hetero) is 2. The van der Waals surface area contributed by atoms with Crippen LogP contribution in [0.4, 0.5) is 0 Å². The SMILES string of the molecule is NC(N)NCCC[C@H](N)C(=O)C(=O)[C@H](CC(=O)O)NP. The van der Waals surface area contributed by atoms with Crippen LogP contribution >= 0.6 is 9.39 Å². The van der Waals surface area contributed by atoms with E-state index in [2.05, 4.69) is 10.4 Å². The first kappa shape index (κ1) is 19.0. The molecule has 3 atom stereocenters. The summed E-state index contributed by atoms with van der Waals surface area (Å²) < 4.78 is 0. The van der Waals surface area contributed by atoms with Gasteiger partial charge in [0.15, 0.2) is 0 Å². The molecule has 0 aromatic rings. The van der Waals surface area contributed by atoms with Crippen LogP contribution in [-0.2, 0) is 14.4 Å². The molecular formula is C10H22N5O4P. The Balaban J connectivity index is 4.26. The molecule has 0 aliphatic rings. The molecule has 0 rings (SSSR count). The van der Waals surface area contributed by atoms with Crippen LogP contribution in [-0.4, -0.2) is 47.6 Å². The van der Waals surface area contributed by atoms with E-state index in [-0.39, 0.29) is 6.42 Å². The number of carbonyl (C=O) groups is 3. The Bertz CT molecular complexity index is 353. The highest BCUT2D eigenvalue weighted by molar-refractivity contribution is 7.13. The minimum atomic E-state index is -1.18. The van der Waals surface area contributed by atoms with Crippen LogP contribution in [0.3, 0.4) is 0 Å². The summed E-state index contributed by atoms with van der Waals surface area (Å²) in [6, 6.07) is -2.06. The van der Waals surface area contributed by atoms with E-state index in [4.69, 9.17) is 22.3 Å². The Morgan fingerprint density at radius 2 is 1.75 bits per heavy atom. The van der Waals surface area contributed by atoms with Gasteiger partial charge in [-0.3, -0.25) is 24.8 Å². The maximum Gasteiger partial charge on any atom is 0.305 e. The van der Waals surface area contributed by atoms with Crippen LogP contribution in [0.15, 0.2) is 0 Å². The zero-order valence-corrected chi connectivity index (χ0v) is 12.2. The number of nitrogens with two attached hydrogens (primary N) is 3. The van der Waals surface area contributed by atoms with Gasteiger partial charge >= 0.3 is 5.97 Å². The minimum Gasteiger partial charge on any atom is -0.481 e. The topological polar surface area (TPSA) is 174 Å². The summed E-state index contributed by atoms with van der Waals surface area (Å²) in [5.41, 5.74) is 16.2. The van der Waals surface area contributed by atoms with Gasteiger partial charge in [-0.05, 0) is 19.4 Å². The average molecular weight is 307 g/mol. The second-order valence-electron chi connectivity index (χ2n) is 4.27. The molecule has 20 heavy (non-hydrogen) atoms. The first-order valence-electron chi connectivity index (χ1n) is 6.05. The predicted octanol–water partition coefficient (Wildman–Crippen LogP) is -2.75. The van der Waals surface area contributed by atoms with Crippen molar-refractivity contribution in [1.29, 1.82) is 0 Å². The highest BCUT2D eigenvalue weighted by Crippen LogP contribution is 2.03. The van der Waals surface area contributed by atoms with Crippen molar-refractivity contribution in [2.45, 2.75) is 37.6 Å². The van der Waals surface area contributed by atoms with Crippen LogP contribution in [0.25, 0.3) is 0 Å². The summed E-state index contributed by atoms with van der Waals surface area (Å²) >= 11 is 0. The van der Waals surface area contributed by atoms with E-state index in [9.17, 15) is 14.4 Å². The van der Waals surface area contributed by atoms with E-state index in [0.29, 0.717) is 13.0 Å². The van der Waals surface area contributed by atoms with Gasteiger partial charge in [-0.15, -0.1) is 0 Å². The van der Waals surface area contributed by atoms with Crippen LogP contribution in [0.2, 0.25) is 0 Å². The minimum absolute atomic E-state index is 0.279. The third-order valence-electron chi connectivity index (χ3n) is 2.55. The number of carboxylic acids is 1. The van der Waals surface area contributed by atoms with Crippen molar-refractivity contribution >= 4 is 26.9 Å². The Kier molecular flexibility index (Phi) is 9.39. The highest BCUT2D eigenvalue weighted by Gasteiger charge is 2.29. The number of carboxylic acid groups (broad SMARTS) is 1. The number of rotatable bonds is 11. The van der Waals surface area contributed by atoms with Crippen LogP contribution in [0.1, 0.15) is 19.3 Å². The molecule has 0 saturated carbocycles. The van der Waals surface area contributed by atoms with Crippen LogP contribution in [0.5, 0.6) is 0 Å². The number of ketones is 2. The van der Waals surface area contributed by atoms with Crippen molar-refractivity contribution in [2.75, 3.05) is 6.54 Å². The summed E-state index contributed by atoms with van der Waals surface area (Å²) in [6.07, 6.45) is -0.335. The molecule has 0 bridgehead atoms. The van der Waals surface area contributed by atoms with Crippen molar-refractivity contribution in [1.82, 2.24) is 10.4 Å². The third kappa shape index (κ3) is 7.59. The lowest BCUT2D eigenvalue weighted by atomic mass is 9.99. The number of hydrogen-bond acceptors (Lipinski definition) is 8. The molecule has 0 saturated heterocycles. The molecular weight excluding hydrogens is 285 g/mol. The predicted molar refractivity (Wildman–Crippen MR) is 76.3 cm³/mol. The van der Waals surface area contributed by atoms with Crippen molar-refractivity contribution in [3.8, 4) is 0 Å². The first-order valence-corrected chi connectivity index (χ1v) is 6.63. The zero-order chi connectivity index (χ0) is 15.7. The third-order valence-corrected chi connectivity index (χ3v) is 2.95. The molecule has 0 aliphatic carbocycles. The molecule has 0 amide bonds. The van der Waals surface area contributed by atoms with Crippen LogP contribution < -0.4 is 27.6 Å².